The number of ether oxygens (including phenoxy) is 1. The van der Waals surface area contributed by atoms with E-state index in [-0.39, 0.29) is 42.9 Å². The molecule has 1 atom stereocenters. The lowest BCUT2D eigenvalue weighted by molar-refractivity contribution is -0.137. The Labute approximate surface area is 196 Å². The zero-order chi connectivity index (χ0) is 24.2. The lowest BCUT2D eigenvalue weighted by Gasteiger charge is -2.14. The molecule has 4 rings (SSSR count). The topological polar surface area (TPSA) is 123 Å². The second-order valence-electron chi connectivity index (χ2n) is 8.40. The summed E-state index contributed by atoms with van der Waals surface area (Å²) < 4.78 is 6.86. The summed E-state index contributed by atoms with van der Waals surface area (Å²) in [5, 5.41) is 18.2. The summed E-state index contributed by atoms with van der Waals surface area (Å²) in [7, 11) is 1.58. The highest BCUT2D eigenvalue weighted by Crippen LogP contribution is 2.44. The van der Waals surface area contributed by atoms with Crippen molar-refractivity contribution in [2.24, 2.45) is 13.0 Å². The predicted molar refractivity (Wildman–Crippen MR) is 126 cm³/mol. The molecule has 34 heavy (non-hydrogen) atoms. The second-order valence-corrected chi connectivity index (χ2v) is 8.40. The number of carbonyl (C=O) groups excluding carboxylic acids is 2. The zero-order valence-corrected chi connectivity index (χ0v) is 18.9. The number of nitrogens with one attached hydrogen (secondary N) is 2. The van der Waals surface area contributed by atoms with E-state index in [0.29, 0.717) is 0 Å². The number of aryl methyl sites for hydroxylation is 1. The number of fused-ring (bicyclic) bond motifs is 3. The first kappa shape index (κ1) is 23.0. The molecule has 1 unspecified atom stereocenters. The standard InChI is InChI=1S/C25H26N4O5/c1-15(11-23(30)31)13-26-24(32)21-12-22(28-29(21)2)27-25(33)34-14-20-18-9-5-3-7-16(18)17-8-4-6-10-19(17)20/h3-10,12,15,20H,11,13-14H2,1-2H3,(H,26,32)(H,30,31)(H,27,28,33). The van der Waals surface area contributed by atoms with Gasteiger partial charge in [0.05, 0.1) is 0 Å². The predicted octanol–water partition coefficient (Wildman–Crippen LogP) is 3.62. The van der Waals surface area contributed by atoms with Crippen LogP contribution in [0, 0.1) is 5.92 Å². The van der Waals surface area contributed by atoms with Crippen LogP contribution in [0.25, 0.3) is 11.1 Å². The molecule has 0 bridgehead atoms. The van der Waals surface area contributed by atoms with E-state index in [1.54, 1.807) is 14.0 Å². The fourth-order valence-electron chi connectivity index (χ4n) is 4.21. The van der Waals surface area contributed by atoms with E-state index in [0.717, 1.165) is 22.3 Å². The Kier molecular flexibility index (Phi) is 6.62. The average molecular weight is 463 g/mol. The van der Waals surface area contributed by atoms with Crippen molar-refractivity contribution in [1.29, 1.82) is 0 Å². The molecule has 9 nitrogen and oxygen atoms in total. The maximum absolute atomic E-state index is 12.5. The van der Waals surface area contributed by atoms with Gasteiger partial charge in [-0.2, -0.15) is 5.10 Å². The summed E-state index contributed by atoms with van der Waals surface area (Å²) >= 11 is 0. The summed E-state index contributed by atoms with van der Waals surface area (Å²) in [5.41, 5.74) is 4.75. The third-order valence-corrected chi connectivity index (χ3v) is 5.82. The summed E-state index contributed by atoms with van der Waals surface area (Å²) in [4.78, 5) is 35.7. The fraction of sp³-hybridized carbons (Fsp3) is 0.280. The number of carbonyl (C=O) groups is 3. The van der Waals surface area contributed by atoms with E-state index < -0.39 is 18.0 Å². The minimum Gasteiger partial charge on any atom is -0.481 e. The molecule has 0 saturated carbocycles. The van der Waals surface area contributed by atoms with E-state index >= 15 is 0 Å². The zero-order valence-electron chi connectivity index (χ0n) is 18.9. The number of amides is 2. The molecular weight excluding hydrogens is 436 g/mol. The number of carboxylic acid groups (broad SMARTS) is 1. The monoisotopic (exact) mass is 462 g/mol. The number of anilines is 1. The van der Waals surface area contributed by atoms with Crippen LogP contribution in [0.2, 0.25) is 0 Å². The number of hydrogen-bond acceptors (Lipinski definition) is 5. The third kappa shape index (κ3) is 4.93. The molecule has 1 heterocycles. The third-order valence-electron chi connectivity index (χ3n) is 5.82. The molecule has 0 fully saturated rings. The van der Waals surface area contributed by atoms with Crippen molar-refractivity contribution in [3.05, 3.63) is 71.4 Å². The number of rotatable bonds is 8. The van der Waals surface area contributed by atoms with Crippen LogP contribution in [0.5, 0.6) is 0 Å². The Hall–Kier alpha value is -4.14. The smallest absolute Gasteiger partial charge is 0.412 e. The number of benzene rings is 2. The van der Waals surface area contributed by atoms with Crippen LogP contribution >= 0.6 is 0 Å². The van der Waals surface area contributed by atoms with Crippen LogP contribution < -0.4 is 10.6 Å². The van der Waals surface area contributed by atoms with Gasteiger partial charge in [0.1, 0.15) is 12.3 Å². The molecule has 176 valence electrons. The minimum atomic E-state index is -0.920. The van der Waals surface area contributed by atoms with Gasteiger partial charge in [-0.1, -0.05) is 55.5 Å². The minimum absolute atomic E-state index is 0.0414. The highest BCUT2D eigenvalue weighted by molar-refractivity contribution is 5.94. The normalized spacial score (nSPS) is 13.0. The van der Waals surface area contributed by atoms with Gasteiger partial charge in [-0.3, -0.25) is 19.6 Å². The number of hydrogen-bond donors (Lipinski definition) is 3. The average Bonchev–Trinajstić information content (AvgIpc) is 3.33. The maximum Gasteiger partial charge on any atom is 0.412 e. The first-order valence-electron chi connectivity index (χ1n) is 11.0. The van der Waals surface area contributed by atoms with E-state index in [2.05, 4.69) is 27.9 Å². The molecule has 1 aliphatic carbocycles. The van der Waals surface area contributed by atoms with Crippen LogP contribution in [0.4, 0.5) is 10.6 Å². The Bertz CT molecular complexity index is 1190. The highest BCUT2D eigenvalue weighted by Gasteiger charge is 2.29. The molecule has 0 radical (unpaired) electrons. The molecule has 3 N–H and O–H groups in total. The molecule has 1 aromatic heterocycles. The molecule has 0 spiro atoms. The number of aromatic nitrogens is 2. The van der Waals surface area contributed by atoms with E-state index in [1.807, 2.05) is 36.4 Å². The van der Waals surface area contributed by atoms with E-state index in [4.69, 9.17) is 9.84 Å². The lowest BCUT2D eigenvalue weighted by Crippen LogP contribution is -2.30. The number of carboxylic acids is 1. The van der Waals surface area contributed by atoms with Crippen molar-refractivity contribution in [3.8, 4) is 11.1 Å². The molecule has 0 saturated heterocycles. The van der Waals surface area contributed by atoms with Crippen molar-refractivity contribution in [1.82, 2.24) is 15.1 Å². The van der Waals surface area contributed by atoms with Crippen LogP contribution in [0.15, 0.2) is 54.6 Å². The molecule has 1 aliphatic rings. The van der Waals surface area contributed by atoms with Gasteiger partial charge in [-0.15, -0.1) is 0 Å². The SMILES string of the molecule is CC(CNC(=O)c1cc(NC(=O)OCC2c3ccccc3-c3ccccc32)nn1C)CC(=O)O. The van der Waals surface area contributed by atoms with Gasteiger partial charge in [0.2, 0.25) is 0 Å². The van der Waals surface area contributed by atoms with Crippen LogP contribution in [-0.4, -0.2) is 46.0 Å². The van der Waals surface area contributed by atoms with Crippen molar-refractivity contribution < 1.29 is 24.2 Å². The number of nitrogens with zero attached hydrogens (tertiary/aromatic N) is 2. The van der Waals surface area contributed by atoms with Crippen LogP contribution in [-0.2, 0) is 16.6 Å². The van der Waals surface area contributed by atoms with Gasteiger partial charge < -0.3 is 15.2 Å². The van der Waals surface area contributed by atoms with Gasteiger partial charge in [0.25, 0.3) is 5.91 Å². The first-order chi connectivity index (χ1) is 16.3. The van der Waals surface area contributed by atoms with Crippen LogP contribution in [0.3, 0.4) is 0 Å². The first-order valence-corrected chi connectivity index (χ1v) is 11.0. The Morgan fingerprint density at radius 2 is 1.71 bits per heavy atom. The molecule has 3 aromatic rings. The molecular formula is C25H26N4O5. The second kappa shape index (κ2) is 9.78. The maximum atomic E-state index is 12.5. The summed E-state index contributed by atoms with van der Waals surface area (Å²) in [5.74, 6) is -1.42. The van der Waals surface area contributed by atoms with Crippen molar-refractivity contribution >= 4 is 23.8 Å². The van der Waals surface area contributed by atoms with Gasteiger partial charge in [0, 0.05) is 32.0 Å². The fourth-order valence-corrected chi connectivity index (χ4v) is 4.21. The molecule has 9 heteroatoms. The van der Waals surface area contributed by atoms with Crippen molar-refractivity contribution in [3.63, 3.8) is 0 Å². The van der Waals surface area contributed by atoms with Gasteiger partial charge >= 0.3 is 12.1 Å². The van der Waals surface area contributed by atoms with Gasteiger partial charge in [0.15, 0.2) is 5.82 Å². The van der Waals surface area contributed by atoms with E-state index in [1.165, 1.54) is 10.7 Å². The summed E-state index contributed by atoms with van der Waals surface area (Å²) in [6.07, 6.45) is -0.706. The van der Waals surface area contributed by atoms with Gasteiger partial charge in [-0.25, -0.2) is 4.79 Å². The quantitative estimate of drug-likeness (QED) is 0.470. The van der Waals surface area contributed by atoms with Crippen molar-refractivity contribution in [2.75, 3.05) is 18.5 Å². The Morgan fingerprint density at radius 1 is 1.09 bits per heavy atom. The van der Waals surface area contributed by atoms with Crippen LogP contribution in [0.1, 0.15) is 40.9 Å². The largest absolute Gasteiger partial charge is 0.481 e. The molecule has 2 aromatic carbocycles. The lowest BCUT2D eigenvalue weighted by atomic mass is 9.98. The summed E-state index contributed by atoms with van der Waals surface area (Å²) in [6, 6.07) is 17.6. The Balaban J connectivity index is 1.35. The Morgan fingerprint density at radius 3 is 2.32 bits per heavy atom. The number of aliphatic carboxylic acids is 1. The summed E-state index contributed by atoms with van der Waals surface area (Å²) in [6.45, 7) is 2.12. The molecule has 2 amide bonds. The highest BCUT2D eigenvalue weighted by atomic mass is 16.5. The van der Waals surface area contributed by atoms with Gasteiger partial charge in [-0.05, 0) is 28.2 Å². The van der Waals surface area contributed by atoms with E-state index in [9.17, 15) is 14.4 Å². The van der Waals surface area contributed by atoms with Crippen molar-refractivity contribution in [2.45, 2.75) is 19.3 Å². The molecule has 0 aliphatic heterocycles.